The fourth-order valence-electron chi connectivity index (χ4n) is 3.92. The third-order valence-electron chi connectivity index (χ3n) is 5.49. The van der Waals surface area contributed by atoms with E-state index in [0.717, 1.165) is 35.1 Å². The molecule has 0 spiro atoms. The van der Waals surface area contributed by atoms with Gasteiger partial charge in [-0.25, -0.2) is 0 Å². The minimum absolute atomic E-state index is 0.0296. The molecule has 1 aromatic heterocycles. The highest BCUT2D eigenvalue weighted by Gasteiger charge is 2.22. The number of carbonyl (C=O) groups excluding carboxylic acids is 1. The summed E-state index contributed by atoms with van der Waals surface area (Å²) in [5.74, 6) is 0.914. The molecule has 1 aliphatic heterocycles. The van der Waals surface area contributed by atoms with Crippen molar-refractivity contribution < 1.29 is 9.53 Å². The molecule has 0 atom stereocenters. The van der Waals surface area contributed by atoms with Gasteiger partial charge in [0.25, 0.3) is 0 Å². The maximum absolute atomic E-state index is 12.7. The largest absolute Gasteiger partial charge is 0.490 e. The molecular formula is C25H25N3O2. The van der Waals surface area contributed by atoms with Crippen LogP contribution < -0.4 is 4.74 Å². The lowest BCUT2D eigenvalue weighted by Crippen LogP contribution is -2.41. The normalized spacial score (nSPS) is 14.8. The molecule has 2 heterocycles. The predicted molar refractivity (Wildman–Crippen MR) is 118 cm³/mol. The number of hydrogen-bond donors (Lipinski definition) is 0. The summed E-state index contributed by atoms with van der Waals surface area (Å²) in [5, 5.41) is 9.98. The Hall–Kier alpha value is -3.52. The summed E-state index contributed by atoms with van der Waals surface area (Å²) >= 11 is 0. The fraction of sp³-hybridized carbons (Fsp3) is 0.280. The van der Waals surface area contributed by atoms with Crippen molar-refractivity contribution >= 4 is 22.9 Å². The molecule has 0 N–H and O–H groups in total. The zero-order valence-corrected chi connectivity index (χ0v) is 16.9. The average molecular weight is 399 g/mol. The Kier molecular flexibility index (Phi) is 6.14. The van der Waals surface area contributed by atoms with Gasteiger partial charge in [0.1, 0.15) is 11.9 Å². The Labute approximate surface area is 176 Å². The lowest BCUT2D eigenvalue weighted by molar-refractivity contribution is -0.127. The maximum atomic E-state index is 12.7. The number of carbonyl (C=O) groups is 1. The van der Waals surface area contributed by atoms with Gasteiger partial charge in [0.15, 0.2) is 0 Å². The number of likely N-dealkylation sites (tertiary alicyclic amines) is 1. The van der Waals surface area contributed by atoms with Crippen molar-refractivity contribution in [1.29, 1.82) is 5.26 Å². The molecule has 1 aliphatic rings. The second-order valence-corrected chi connectivity index (χ2v) is 7.49. The molecule has 1 saturated heterocycles. The summed E-state index contributed by atoms with van der Waals surface area (Å²) in [6.45, 7) is 2.04. The van der Waals surface area contributed by atoms with Crippen LogP contribution in [0, 0.1) is 11.3 Å². The number of nitriles is 1. The number of nitrogens with zero attached hydrogens (tertiary/aromatic N) is 3. The maximum Gasteiger partial charge on any atom is 0.246 e. The number of fused-ring (bicyclic) bond motifs is 1. The van der Waals surface area contributed by atoms with Crippen molar-refractivity contribution in [3.8, 4) is 11.8 Å². The Balaban J connectivity index is 1.38. The first-order valence-corrected chi connectivity index (χ1v) is 10.4. The van der Waals surface area contributed by atoms with Crippen LogP contribution in [-0.2, 0) is 11.3 Å². The van der Waals surface area contributed by atoms with E-state index in [1.807, 2.05) is 65.7 Å². The summed E-state index contributed by atoms with van der Waals surface area (Å²) in [5.41, 5.74) is 2.08. The zero-order valence-electron chi connectivity index (χ0n) is 16.9. The molecule has 0 aliphatic carbocycles. The molecule has 1 fully saturated rings. The van der Waals surface area contributed by atoms with E-state index in [4.69, 9.17) is 10.00 Å². The van der Waals surface area contributed by atoms with Gasteiger partial charge in [-0.1, -0.05) is 36.4 Å². The Morgan fingerprint density at radius 1 is 1.10 bits per heavy atom. The van der Waals surface area contributed by atoms with E-state index in [2.05, 4.69) is 16.7 Å². The Bertz CT molecular complexity index is 1070. The van der Waals surface area contributed by atoms with Crippen LogP contribution in [0.3, 0.4) is 0 Å². The van der Waals surface area contributed by atoms with E-state index in [9.17, 15) is 4.79 Å². The number of hydrogen-bond acceptors (Lipinski definition) is 3. The topological polar surface area (TPSA) is 58.3 Å². The minimum Gasteiger partial charge on any atom is -0.490 e. The van der Waals surface area contributed by atoms with Crippen LogP contribution in [0.4, 0.5) is 0 Å². The molecule has 5 heteroatoms. The van der Waals surface area contributed by atoms with E-state index in [1.165, 1.54) is 0 Å². The first-order chi connectivity index (χ1) is 14.7. The van der Waals surface area contributed by atoms with Gasteiger partial charge in [-0.05, 0) is 24.3 Å². The lowest BCUT2D eigenvalue weighted by Gasteiger charge is -2.31. The van der Waals surface area contributed by atoms with Crippen molar-refractivity contribution in [1.82, 2.24) is 9.47 Å². The van der Waals surface area contributed by atoms with Gasteiger partial charge in [0.2, 0.25) is 5.91 Å². The van der Waals surface area contributed by atoms with Crippen molar-refractivity contribution in [3.63, 3.8) is 0 Å². The molecule has 0 saturated carbocycles. The Morgan fingerprint density at radius 2 is 1.83 bits per heavy atom. The molecule has 4 rings (SSSR count). The number of benzene rings is 2. The van der Waals surface area contributed by atoms with Crippen molar-refractivity contribution in [2.75, 3.05) is 13.1 Å². The van der Waals surface area contributed by atoms with E-state index in [1.54, 1.807) is 6.08 Å². The predicted octanol–water partition coefficient (Wildman–Crippen LogP) is 4.64. The SMILES string of the molecule is N#CCCn1cc(C=CC(=O)N2CCC(Oc3ccccc3)CC2)c2ccccc21. The summed E-state index contributed by atoms with van der Waals surface area (Å²) in [6, 6.07) is 20.1. The van der Waals surface area contributed by atoms with Gasteiger partial charge in [-0.15, -0.1) is 0 Å². The number of aromatic nitrogens is 1. The summed E-state index contributed by atoms with van der Waals surface area (Å²) in [4.78, 5) is 14.6. The van der Waals surface area contributed by atoms with Crippen molar-refractivity contribution in [3.05, 3.63) is 72.4 Å². The Morgan fingerprint density at radius 3 is 2.60 bits per heavy atom. The van der Waals surface area contributed by atoms with Gasteiger partial charge < -0.3 is 14.2 Å². The van der Waals surface area contributed by atoms with Gasteiger partial charge in [-0.2, -0.15) is 5.26 Å². The van der Waals surface area contributed by atoms with E-state index in [-0.39, 0.29) is 12.0 Å². The van der Waals surface area contributed by atoms with Gasteiger partial charge in [0, 0.05) is 61.2 Å². The van der Waals surface area contributed by atoms with Gasteiger partial charge >= 0.3 is 0 Å². The van der Waals surface area contributed by atoms with Gasteiger partial charge in [-0.3, -0.25) is 4.79 Å². The highest BCUT2D eigenvalue weighted by atomic mass is 16.5. The van der Waals surface area contributed by atoms with E-state index >= 15 is 0 Å². The molecule has 5 nitrogen and oxygen atoms in total. The second kappa shape index (κ2) is 9.32. The van der Waals surface area contributed by atoms with Crippen LogP contribution in [0.5, 0.6) is 5.75 Å². The number of piperidine rings is 1. The quantitative estimate of drug-likeness (QED) is 0.568. The standard InChI is InChI=1S/C25H25N3O2/c26-15-6-16-28-19-20(23-9-4-5-10-24(23)28)11-12-25(29)27-17-13-22(14-18-27)30-21-7-2-1-3-8-21/h1-5,7-12,19,22H,6,13-14,16-18H2. The lowest BCUT2D eigenvalue weighted by atomic mass is 10.1. The molecular weight excluding hydrogens is 374 g/mol. The van der Waals surface area contributed by atoms with Crippen LogP contribution in [0.2, 0.25) is 0 Å². The summed E-state index contributed by atoms with van der Waals surface area (Å²) in [7, 11) is 0. The number of ether oxygens (including phenoxy) is 1. The van der Waals surface area contributed by atoms with Crippen LogP contribution in [0.1, 0.15) is 24.8 Å². The molecule has 1 amide bonds. The van der Waals surface area contributed by atoms with Gasteiger partial charge in [0.05, 0.1) is 12.5 Å². The van der Waals surface area contributed by atoms with E-state index < -0.39 is 0 Å². The molecule has 3 aromatic rings. The second-order valence-electron chi connectivity index (χ2n) is 7.49. The monoisotopic (exact) mass is 399 g/mol. The zero-order chi connectivity index (χ0) is 20.8. The smallest absolute Gasteiger partial charge is 0.246 e. The summed E-state index contributed by atoms with van der Waals surface area (Å²) in [6.07, 6.45) is 7.85. The molecule has 0 bridgehead atoms. The number of para-hydroxylation sites is 2. The summed E-state index contributed by atoms with van der Waals surface area (Å²) < 4.78 is 8.09. The third kappa shape index (κ3) is 4.55. The van der Waals surface area contributed by atoms with Crippen LogP contribution in [-0.4, -0.2) is 34.6 Å². The highest BCUT2D eigenvalue weighted by Crippen LogP contribution is 2.23. The minimum atomic E-state index is 0.0296. The van der Waals surface area contributed by atoms with Crippen LogP contribution in [0.25, 0.3) is 17.0 Å². The fourth-order valence-corrected chi connectivity index (χ4v) is 3.92. The van der Waals surface area contributed by atoms with Crippen LogP contribution in [0.15, 0.2) is 66.9 Å². The molecule has 0 unspecified atom stereocenters. The number of aryl methyl sites for hydroxylation is 1. The van der Waals surface area contributed by atoms with E-state index in [0.29, 0.717) is 26.1 Å². The first-order valence-electron chi connectivity index (χ1n) is 10.4. The number of rotatable bonds is 6. The van der Waals surface area contributed by atoms with Crippen LogP contribution >= 0.6 is 0 Å². The number of amides is 1. The average Bonchev–Trinajstić information content (AvgIpc) is 3.15. The highest BCUT2D eigenvalue weighted by molar-refractivity contribution is 5.96. The molecule has 152 valence electrons. The van der Waals surface area contributed by atoms with Crippen molar-refractivity contribution in [2.45, 2.75) is 31.9 Å². The third-order valence-corrected chi connectivity index (χ3v) is 5.49. The van der Waals surface area contributed by atoms with Crippen molar-refractivity contribution in [2.24, 2.45) is 0 Å². The molecule has 0 radical (unpaired) electrons. The molecule has 2 aromatic carbocycles. The molecule has 30 heavy (non-hydrogen) atoms. The first kappa shape index (κ1) is 19.8.